The molecule has 0 unspecified atom stereocenters. The molecule has 39 heavy (non-hydrogen) atoms. The highest BCUT2D eigenvalue weighted by molar-refractivity contribution is 6.13. The van der Waals surface area contributed by atoms with Gasteiger partial charge < -0.3 is 10.6 Å². The van der Waals surface area contributed by atoms with E-state index in [9.17, 15) is 9.59 Å². The van der Waals surface area contributed by atoms with Crippen molar-refractivity contribution in [1.82, 2.24) is 14.8 Å². The number of carbonyl (C=O) groups excluding carboxylic acids is 2. The lowest BCUT2D eigenvalue weighted by Gasteiger charge is -2.12. The minimum absolute atomic E-state index is 0.163. The zero-order valence-corrected chi connectivity index (χ0v) is 21.8. The number of nitriles is 1. The van der Waals surface area contributed by atoms with Crippen LogP contribution < -0.4 is 10.6 Å². The topological polar surface area (TPSA) is 113 Å². The smallest absolute Gasteiger partial charge is 0.256 e. The number of rotatable bonds is 6. The van der Waals surface area contributed by atoms with Crippen molar-refractivity contribution in [2.24, 2.45) is 0 Å². The molecule has 0 aliphatic rings. The van der Waals surface area contributed by atoms with Gasteiger partial charge in [-0.15, -0.1) is 0 Å². The van der Waals surface area contributed by atoms with Crippen molar-refractivity contribution in [3.63, 3.8) is 0 Å². The Labute approximate surface area is 225 Å². The minimum Gasteiger partial charge on any atom is -0.326 e. The molecule has 2 aromatic heterocycles. The minimum atomic E-state index is -0.267. The van der Waals surface area contributed by atoms with E-state index < -0.39 is 0 Å². The van der Waals surface area contributed by atoms with Crippen LogP contribution in [-0.4, -0.2) is 26.6 Å². The summed E-state index contributed by atoms with van der Waals surface area (Å²) in [5, 5.41) is 20.3. The number of aromatic nitrogens is 3. The molecular weight excluding hydrogens is 488 g/mol. The number of pyridine rings is 1. The summed E-state index contributed by atoms with van der Waals surface area (Å²) >= 11 is 0. The summed E-state index contributed by atoms with van der Waals surface area (Å²) < 4.78 is 1.84. The van der Waals surface area contributed by atoms with Gasteiger partial charge in [0.25, 0.3) is 5.91 Å². The molecule has 8 heteroatoms. The number of para-hydroxylation sites is 1. The van der Waals surface area contributed by atoms with Crippen molar-refractivity contribution in [2.75, 3.05) is 10.6 Å². The van der Waals surface area contributed by atoms with Gasteiger partial charge in [0.1, 0.15) is 0 Å². The van der Waals surface area contributed by atoms with Crippen LogP contribution in [0.25, 0.3) is 22.2 Å². The second-order valence-corrected chi connectivity index (χ2v) is 9.30. The van der Waals surface area contributed by atoms with Gasteiger partial charge >= 0.3 is 0 Å². The Morgan fingerprint density at radius 2 is 1.72 bits per heavy atom. The first kappa shape index (κ1) is 25.4. The number of hydrogen-bond donors (Lipinski definition) is 2. The lowest BCUT2D eigenvalue weighted by molar-refractivity contribution is -0.114. The van der Waals surface area contributed by atoms with Crippen molar-refractivity contribution >= 4 is 34.1 Å². The van der Waals surface area contributed by atoms with Gasteiger partial charge in [0, 0.05) is 23.6 Å². The molecule has 2 heterocycles. The molecule has 0 atom stereocenters. The van der Waals surface area contributed by atoms with Gasteiger partial charge in [0.2, 0.25) is 5.91 Å². The van der Waals surface area contributed by atoms with Gasteiger partial charge in [0.05, 0.1) is 52.0 Å². The Hall–Kier alpha value is -5.29. The standard InChI is InChI=1S/C31H26N6O2/c1-19-30(20(2)37(36-19)18-23-13-11-22(17-32)12-14-23)35-31(39)27-16-29(34-28-10-5-4-9-26(27)28)24-7-6-8-25(15-24)33-21(3)38/h4-16H,18H2,1-3H3,(H,33,38)(H,35,39). The van der Waals surface area contributed by atoms with Crippen LogP contribution >= 0.6 is 0 Å². The molecule has 0 fully saturated rings. The molecule has 5 aromatic rings. The van der Waals surface area contributed by atoms with E-state index in [1.54, 1.807) is 24.3 Å². The van der Waals surface area contributed by atoms with Crippen LogP contribution in [0.1, 0.15) is 39.8 Å². The molecule has 0 aliphatic heterocycles. The van der Waals surface area contributed by atoms with Crippen LogP contribution in [0.2, 0.25) is 0 Å². The molecule has 0 bridgehead atoms. The van der Waals surface area contributed by atoms with Gasteiger partial charge in [-0.1, -0.05) is 42.5 Å². The largest absolute Gasteiger partial charge is 0.326 e. The Morgan fingerprint density at radius 3 is 2.46 bits per heavy atom. The first-order valence-corrected chi connectivity index (χ1v) is 12.4. The van der Waals surface area contributed by atoms with Crippen molar-refractivity contribution in [2.45, 2.75) is 27.3 Å². The third-order valence-electron chi connectivity index (χ3n) is 6.47. The van der Waals surface area contributed by atoms with E-state index in [4.69, 9.17) is 10.2 Å². The van der Waals surface area contributed by atoms with E-state index in [1.807, 2.05) is 73.1 Å². The number of anilines is 2. The highest BCUT2D eigenvalue weighted by Crippen LogP contribution is 2.28. The number of aryl methyl sites for hydroxylation is 1. The molecule has 5 rings (SSSR count). The molecule has 0 saturated heterocycles. The number of nitrogens with one attached hydrogen (secondary N) is 2. The van der Waals surface area contributed by atoms with Gasteiger partial charge in [0.15, 0.2) is 0 Å². The van der Waals surface area contributed by atoms with Crippen LogP contribution in [0, 0.1) is 25.2 Å². The Balaban J connectivity index is 1.48. The first-order valence-electron chi connectivity index (χ1n) is 12.4. The average Bonchev–Trinajstić information content (AvgIpc) is 3.19. The summed E-state index contributed by atoms with van der Waals surface area (Å²) in [7, 11) is 0. The van der Waals surface area contributed by atoms with Crippen LogP contribution in [0.4, 0.5) is 11.4 Å². The number of benzene rings is 3. The van der Waals surface area contributed by atoms with E-state index in [0.717, 1.165) is 22.2 Å². The number of amides is 2. The average molecular weight is 515 g/mol. The SMILES string of the molecule is CC(=O)Nc1cccc(-c2cc(C(=O)Nc3c(C)nn(Cc4ccc(C#N)cc4)c3C)c3ccccc3n2)c1. The normalized spacial score (nSPS) is 10.7. The zero-order valence-electron chi connectivity index (χ0n) is 21.8. The summed E-state index contributed by atoms with van der Waals surface area (Å²) in [6.07, 6.45) is 0. The fraction of sp³-hybridized carbons (Fsp3) is 0.129. The maximum absolute atomic E-state index is 13.7. The molecule has 0 radical (unpaired) electrons. The van der Waals surface area contributed by atoms with Crippen LogP contribution in [0.5, 0.6) is 0 Å². The lowest BCUT2D eigenvalue weighted by atomic mass is 10.0. The zero-order chi connectivity index (χ0) is 27.5. The van der Waals surface area contributed by atoms with Crippen molar-refractivity contribution in [3.8, 4) is 17.3 Å². The van der Waals surface area contributed by atoms with Crippen molar-refractivity contribution in [3.05, 3.63) is 107 Å². The van der Waals surface area contributed by atoms with Crippen LogP contribution in [0.3, 0.4) is 0 Å². The number of hydrogen-bond acceptors (Lipinski definition) is 5. The molecule has 0 aliphatic carbocycles. The summed E-state index contributed by atoms with van der Waals surface area (Å²) in [4.78, 5) is 30.0. The quantitative estimate of drug-likeness (QED) is 0.295. The second kappa shape index (κ2) is 10.6. The van der Waals surface area contributed by atoms with Gasteiger partial charge in [-0.25, -0.2) is 4.98 Å². The van der Waals surface area contributed by atoms with E-state index >= 15 is 0 Å². The fourth-order valence-electron chi connectivity index (χ4n) is 4.54. The number of nitrogens with zero attached hydrogens (tertiary/aromatic N) is 4. The Morgan fingerprint density at radius 1 is 0.949 bits per heavy atom. The molecule has 2 amide bonds. The summed E-state index contributed by atoms with van der Waals surface area (Å²) in [5.41, 5.74) is 7.02. The molecule has 192 valence electrons. The van der Waals surface area contributed by atoms with E-state index in [2.05, 4.69) is 21.8 Å². The van der Waals surface area contributed by atoms with Crippen LogP contribution in [0.15, 0.2) is 78.9 Å². The highest BCUT2D eigenvalue weighted by Gasteiger charge is 2.19. The second-order valence-electron chi connectivity index (χ2n) is 9.30. The van der Waals surface area contributed by atoms with E-state index in [1.165, 1.54) is 6.92 Å². The van der Waals surface area contributed by atoms with Crippen molar-refractivity contribution < 1.29 is 9.59 Å². The Kier molecular flexibility index (Phi) is 6.89. The molecular formula is C31H26N6O2. The van der Waals surface area contributed by atoms with E-state index in [-0.39, 0.29) is 11.8 Å². The molecule has 8 nitrogen and oxygen atoms in total. The van der Waals surface area contributed by atoms with E-state index in [0.29, 0.717) is 46.0 Å². The summed E-state index contributed by atoms with van der Waals surface area (Å²) in [5.74, 6) is -0.429. The first-order chi connectivity index (χ1) is 18.8. The summed E-state index contributed by atoms with van der Waals surface area (Å²) in [6.45, 7) is 5.76. The molecule has 3 aromatic carbocycles. The predicted molar refractivity (Wildman–Crippen MR) is 151 cm³/mol. The number of carbonyl (C=O) groups is 2. The maximum Gasteiger partial charge on any atom is 0.256 e. The number of fused-ring (bicyclic) bond motifs is 1. The maximum atomic E-state index is 13.7. The predicted octanol–water partition coefficient (Wildman–Crippen LogP) is 5.85. The Bertz CT molecular complexity index is 1760. The third kappa shape index (κ3) is 5.38. The highest BCUT2D eigenvalue weighted by atomic mass is 16.2. The van der Waals surface area contributed by atoms with Gasteiger partial charge in [-0.3, -0.25) is 14.3 Å². The third-order valence-corrected chi connectivity index (χ3v) is 6.47. The molecule has 0 spiro atoms. The van der Waals surface area contributed by atoms with Gasteiger partial charge in [-0.2, -0.15) is 10.4 Å². The monoisotopic (exact) mass is 514 g/mol. The van der Waals surface area contributed by atoms with Gasteiger partial charge in [-0.05, 0) is 55.8 Å². The van der Waals surface area contributed by atoms with Crippen molar-refractivity contribution in [1.29, 1.82) is 5.26 Å². The molecule has 0 saturated carbocycles. The molecule has 2 N–H and O–H groups in total. The fourth-order valence-corrected chi connectivity index (χ4v) is 4.54. The lowest BCUT2D eigenvalue weighted by Crippen LogP contribution is -2.14. The summed E-state index contributed by atoms with van der Waals surface area (Å²) in [6, 6.07) is 26.2. The van der Waals surface area contributed by atoms with Crippen LogP contribution in [-0.2, 0) is 11.3 Å².